The lowest BCUT2D eigenvalue weighted by molar-refractivity contribution is -0.126. The second kappa shape index (κ2) is 18.1. The van der Waals surface area contributed by atoms with E-state index in [9.17, 15) is 18.8 Å². The lowest BCUT2D eigenvalue weighted by atomic mass is 9.99. The van der Waals surface area contributed by atoms with Crippen LogP contribution < -0.4 is 14.8 Å². The van der Waals surface area contributed by atoms with Crippen molar-refractivity contribution in [1.29, 1.82) is 0 Å². The van der Waals surface area contributed by atoms with Crippen molar-refractivity contribution in [2.45, 2.75) is 19.6 Å². The van der Waals surface area contributed by atoms with Gasteiger partial charge in [-0.2, -0.15) is 4.99 Å². The van der Waals surface area contributed by atoms with Crippen LogP contribution in [0.4, 0.5) is 4.39 Å². The van der Waals surface area contributed by atoms with Gasteiger partial charge in [0.2, 0.25) is 5.91 Å². The molecule has 264 valence electrons. The number of aliphatic imine (C=N–C) groups is 1. The summed E-state index contributed by atoms with van der Waals surface area (Å²) in [5, 5.41) is 3.14. The predicted octanol–water partition coefficient (Wildman–Crippen LogP) is 8.57. The Hall–Kier alpha value is -5.52. The number of amidine groups is 1. The van der Waals surface area contributed by atoms with E-state index in [-0.39, 0.29) is 34.8 Å². The normalized spacial score (nSPS) is 14.2. The Morgan fingerprint density at radius 3 is 2.31 bits per heavy atom. The zero-order valence-corrected chi connectivity index (χ0v) is 30.8. The van der Waals surface area contributed by atoms with Crippen LogP contribution in [0.15, 0.2) is 149 Å². The van der Waals surface area contributed by atoms with Crippen molar-refractivity contribution in [1.82, 2.24) is 10.2 Å². The monoisotopic (exact) mass is 779 g/mol. The number of benzene rings is 4. The average molecular weight is 781 g/mol. The lowest BCUT2D eigenvalue weighted by Crippen LogP contribution is -2.42. The largest absolute Gasteiger partial charge is 0.493 e. The molecular formula is C41H35BrFN3O5S. The zero-order valence-electron chi connectivity index (χ0n) is 28.4. The summed E-state index contributed by atoms with van der Waals surface area (Å²) < 4.78 is 25.6. The Bertz CT molecular complexity index is 2040. The standard InChI is InChI=1S/C41H35BrFN3O5S/c1-4-6-20-32(5-2)46-40(49)33(22-30-23-35(50-3)36(24-34(30)42)51-25-27-14-13-19-31(43)21-27)39(48)45-41(46)52-26-37(47)44-38(28-15-9-7-10-16-28)29-17-11-8-12-18-29/h4-24,38H,1,25-26H2,2-3H3,(H,44,47)/b20-6-,32-5+,33-22+. The van der Waals surface area contributed by atoms with E-state index in [2.05, 4.69) is 32.8 Å². The Balaban J connectivity index is 1.41. The van der Waals surface area contributed by atoms with Crippen LogP contribution in [0.3, 0.4) is 0 Å². The Morgan fingerprint density at radius 2 is 1.69 bits per heavy atom. The number of amides is 3. The highest BCUT2D eigenvalue weighted by Crippen LogP contribution is 2.36. The van der Waals surface area contributed by atoms with Gasteiger partial charge in [-0.15, -0.1) is 0 Å². The molecule has 0 saturated carbocycles. The van der Waals surface area contributed by atoms with Gasteiger partial charge in [-0.25, -0.2) is 4.39 Å². The highest BCUT2D eigenvalue weighted by Gasteiger charge is 2.35. The molecule has 0 aromatic heterocycles. The van der Waals surface area contributed by atoms with Gasteiger partial charge >= 0.3 is 0 Å². The molecule has 5 rings (SSSR count). The van der Waals surface area contributed by atoms with E-state index < -0.39 is 17.9 Å². The number of thioether (sulfide) groups is 1. The maximum atomic E-state index is 14.2. The average Bonchev–Trinajstić information content (AvgIpc) is 3.16. The van der Waals surface area contributed by atoms with Gasteiger partial charge in [0.1, 0.15) is 18.0 Å². The van der Waals surface area contributed by atoms with Crippen molar-refractivity contribution < 1.29 is 28.2 Å². The summed E-state index contributed by atoms with van der Waals surface area (Å²) in [6, 6.07) is 28.1. The van der Waals surface area contributed by atoms with Crippen molar-refractivity contribution in [3.63, 3.8) is 0 Å². The van der Waals surface area contributed by atoms with E-state index in [4.69, 9.17) is 9.47 Å². The van der Waals surface area contributed by atoms with E-state index in [1.165, 1.54) is 30.2 Å². The van der Waals surface area contributed by atoms with Gasteiger partial charge in [0.15, 0.2) is 16.7 Å². The third kappa shape index (κ3) is 9.42. The number of hydrogen-bond acceptors (Lipinski definition) is 6. The van der Waals surface area contributed by atoms with E-state index in [1.54, 1.807) is 55.5 Å². The van der Waals surface area contributed by atoms with Gasteiger partial charge in [0.05, 0.1) is 18.9 Å². The maximum absolute atomic E-state index is 14.2. The van der Waals surface area contributed by atoms with E-state index >= 15 is 0 Å². The molecule has 4 aromatic carbocycles. The molecule has 0 bridgehead atoms. The minimum atomic E-state index is -0.768. The number of hydrogen-bond donors (Lipinski definition) is 1. The molecule has 4 aromatic rings. The summed E-state index contributed by atoms with van der Waals surface area (Å²) in [5.41, 5.74) is 3.12. The predicted molar refractivity (Wildman–Crippen MR) is 207 cm³/mol. The molecule has 1 heterocycles. The smallest absolute Gasteiger partial charge is 0.285 e. The molecule has 0 radical (unpaired) electrons. The highest BCUT2D eigenvalue weighted by atomic mass is 79.9. The van der Waals surface area contributed by atoms with Crippen LogP contribution in [0.2, 0.25) is 0 Å². The molecule has 0 aliphatic carbocycles. The molecule has 1 aliphatic heterocycles. The van der Waals surface area contributed by atoms with Crippen LogP contribution in [0.25, 0.3) is 6.08 Å². The van der Waals surface area contributed by atoms with E-state index in [1.807, 2.05) is 60.7 Å². The van der Waals surface area contributed by atoms with Gasteiger partial charge < -0.3 is 14.8 Å². The maximum Gasteiger partial charge on any atom is 0.285 e. The molecule has 0 unspecified atom stereocenters. The fraction of sp³-hybridized carbons (Fsp3) is 0.122. The molecule has 3 amide bonds. The molecule has 11 heteroatoms. The SMILES string of the molecule is C=C/C=C\C(=C/C)N1C(=O)/C(=C/c2cc(OC)c(OCc3cccc(F)c3)cc2Br)C(=O)N=C1SCC(=O)NC(c1ccccc1)c1ccccc1. The molecule has 0 atom stereocenters. The first-order chi connectivity index (χ1) is 25.2. The molecule has 8 nitrogen and oxygen atoms in total. The number of allylic oxidation sites excluding steroid dienone is 4. The highest BCUT2D eigenvalue weighted by molar-refractivity contribution is 9.10. The summed E-state index contributed by atoms with van der Waals surface area (Å²) in [6.07, 6.45) is 8.01. The number of methoxy groups -OCH3 is 1. The molecule has 1 N–H and O–H groups in total. The summed E-state index contributed by atoms with van der Waals surface area (Å²) in [6.45, 7) is 5.56. The van der Waals surface area contributed by atoms with Crippen molar-refractivity contribution in [3.8, 4) is 11.5 Å². The number of carbonyl (C=O) groups is 3. The van der Waals surface area contributed by atoms with Crippen molar-refractivity contribution >= 4 is 56.7 Å². The fourth-order valence-electron chi connectivity index (χ4n) is 5.27. The molecular weight excluding hydrogens is 745 g/mol. The summed E-state index contributed by atoms with van der Waals surface area (Å²) >= 11 is 4.50. The van der Waals surface area contributed by atoms with Crippen LogP contribution in [0, 0.1) is 5.82 Å². The second-order valence-corrected chi connectivity index (χ2v) is 13.1. The van der Waals surface area contributed by atoms with Crippen molar-refractivity contribution in [2.24, 2.45) is 4.99 Å². The Morgan fingerprint density at radius 1 is 1.00 bits per heavy atom. The van der Waals surface area contributed by atoms with Gasteiger partial charge in [-0.05, 0) is 65.6 Å². The van der Waals surface area contributed by atoms with E-state index in [0.29, 0.717) is 32.8 Å². The fourth-order valence-corrected chi connectivity index (χ4v) is 6.52. The minimum Gasteiger partial charge on any atom is -0.493 e. The number of carbonyl (C=O) groups excluding carboxylic acids is 3. The number of halogens is 2. The van der Waals surface area contributed by atoms with E-state index in [0.717, 1.165) is 22.9 Å². The number of nitrogens with zero attached hydrogens (tertiary/aromatic N) is 2. The summed E-state index contributed by atoms with van der Waals surface area (Å²) in [7, 11) is 1.46. The third-order valence-corrected chi connectivity index (χ3v) is 9.40. The van der Waals surface area contributed by atoms with Crippen LogP contribution in [0.5, 0.6) is 11.5 Å². The van der Waals surface area contributed by atoms with Gasteiger partial charge in [-0.3, -0.25) is 19.3 Å². The first-order valence-corrected chi connectivity index (χ1v) is 17.9. The topological polar surface area (TPSA) is 97.3 Å². The molecule has 0 saturated heterocycles. The van der Waals surface area contributed by atoms with Gasteiger partial charge in [-0.1, -0.05) is 125 Å². The van der Waals surface area contributed by atoms with Crippen molar-refractivity contribution in [3.05, 3.63) is 172 Å². The number of ether oxygens (including phenoxy) is 2. The second-order valence-electron chi connectivity index (χ2n) is 11.3. The number of rotatable bonds is 13. The van der Waals surface area contributed by atoms with Gasteiger partial charge in [0, 0.05) is 10.2 Å². The molecule has 1 aliphatic rings. The molecule has 0 spiro atoms. The number of nitrogens with one attached hydrogen (secondary N) is 1. The minimum absolute atomic E-state index is 0.0535. The summed E-state index contributed by atoms with van der Waals surface area (Å²) in [4.78, 5) is 46.7. The van der Waals surface area contributed by atoms with Crippen LogP contribution in [-0.2, 0) is 21.0 Å². The quantitative estimate of drug-likeness (QED) is 0.0830. The molecule has 0 fully saturated rings. The third-order valence-electron chi connectivity index (χ3n) is 7.78. The molecule has 52 heavy (non-hydrogen) atoms. The Labute approximate surface area is 314 Å². The van der Waals surface area contributed by atoms with Crippen LogP contribution in [-0.4, -0.2) is 40.7 Å². The zero-order chi connectivity index (χ0) is 37.0. The van der Waals surface area contributed by atoms with Crippen molar-refractivity contribution in [2.75, 3.05) is 12.9 Å². The lowest BCUT2D eigenvalue weighted by Gasteiger charge is -2.28. The first-order valence-electron chi connectivity index (χ1n) is 16.1. The summed E-state index contributed by atoms with van der Waals surface area (Å²) in [5.74, 6) is -1.51. The van der Waals surface area contributed by atoms with Crippen LogP contribution >= 0.6 is 27.7 Å². The van der Waals surface area contributed by atoms with Gasteiger partial charge in [0.25, 0.3) is 11.8 Å². The first kappa shape index (κ1) is 37.7. The Kier molecular flexibility index (Phi) is 13.1. The van der Waals surface area contributed by atoms with Crippen LogP contribution in [0.1, 0.15) is 35.2 Å².